The van der Waals surface area contributed by atoms with E-state index in [1.165, 1.54) is 22.9 Å². The zero-order chi connectivity index (χ0) is 18.8. The Morgan fingerprint density at radius 1 is 1.23 bits per heavy atom. The van der Waals surface area contributed by atoms with Crippen LogP contribution in [0, 0.1) is 13.8 Å². The van der Waals surface area contributed by atoms with Gasteiger partial charge in [0.25, 0.3) is 0 Å². The number of pyridine rings is 1. The molecule has 136 valence electrons. The molecule has 1 aromatic carbocycles. The highest BCUT2D eigenvalue weighted by molar-refractivity contribution is 7.99. The highest BCUT2D eigenvalue weighted by atomic mass is 35.5. The lowest BCUT2D eigenvalue weighted by Gasteiger charge is -2.15. The lowest BCUT2D eigenvalue weighted by molar-refractivity contribution is -0.119. The van der Waals surface area contributed by atoms with E-state index in [4.69, 9.17) is 23.2 Å². The molecule has 0 aliphatic carbocycles. The molecule has 0 radical (unpaired) electrons. The maximum Gasteiger partial charge on any atom is 0.230 e. The highest BCUT2D eigenvalue weighted by Crippen LogP contribution is 2.25. The summed E-state index contributed by atoms with van der Waals surface area (Å²) in [5.74, 6) is 0.144. The molecular weight excluding hydrogens is 391 g/mol. The molecule has 2 heterocycles. The Balaban J connectivity index is 1.65. The maximum atomic E-state index is 12.3. The van der Waals surface area contributed by atoms with Gasteiger partial charge in [-0.1, -0.05) is 53.2 Å². The van der Waals surface area contributed by atoms with Crippen LogP contribution in [0.25, 0.3) is 5.65 Å². The molecule has 26 heavy (non-hydrogen) atoms. The number of fused-ring (bicyclic) bond motifs is 1. The minimum Gasteiger partial charge on any atom is -0.349 e. The molecule has 2 aromatic heterocycles. The van der Waals surface area contributed by atoms with Crippen LogP contribution in [0.5, 0.6) is 0 Å². The Labute approximate surface area is 166 Å². The average Bonchev–Trinajstić information content (AvgIpc) is 2.98. The van der Waals surface area contributed by atoms with Gasteiger partial charge in [0.1, 0.15) is 0 Å². The van der Waals surface area contributed by atoms with E-state index in [0.29, 0.717) is 20.8 Å². The number of amides is 1. The fourth-order valence-electron chi connectivity index (χ4n) is 2.53. The number of aromatic nitrogens is 3. The molecule has 0 saturated heterocycles. The summed E-state index contributed by atoms with van der Waals surface area (Å²) in [6, 6.07) is 7.75. The van der Waals surface area contributed by atoms with Crippen LogP contribution in [0.4, 0.5) is 0 Å². The molecule has 0 fully saturated rings. The summed E-state index contributed by atoms with van der Waals surface area (Å²) in [6.45, 7) is 6.11. The predicted molar refractivity (Wildman–Crippen MR) is 106 cm³/mol. The number of halogens is 2. The minimum atomic E-state index is -0.0781. The van der Waals surface area contributed by atoms with Crippen molar-refractivity contribution >= 4 is 46.5 Å². The lowest BCUT2D eigenvalue weighted by Crippen LogP contribution is -2.28. The number of nitrogens with zero attached hydrogens (tertiary/aromatic N) is 3. The van der Waals surface area contributed by atoms with Crippen molar-refractivity contribution in [3.63, 3.8) is 0 Å². The topological polar surface area (TPSA) is 59.3 Å². The Hall–Kier alpha value is -1.76. The van der Waals surface area contributed by atoms with Gasteiger partial charge in [0, 0.05) is 6.20 Å². The molecule has 0 spiro atoms. The number of aryl methyl sites for hydroxylation is 2. The second kappa shape index (κ2) is 7.86. The number of hydrogen-bond acceptors (Lipinski definition) is 4. The van der Waals surface area contributed by atoms with Crippen LogP contribution in [0.2, 0.25) is 10.0 Å². The Morgan fingerprint density at radius 3 is 2.73 bits per heavy atom. The summed E-state index contributed by atoms with van der Waals surface area (Å²) in [5.41, 5.74) is 4.04. The van der Waals surface area contributed by atoms with Crippen LogP contribution in [-0.2, 0) is 4.79 Å². The maximum absolute atomic E-state index is 12.3. The number of carbonyl (C=O) groups excluding carboxylic acids is 1. The lowest BCUT2D eigenvalue weighted by atomic mass is 10.0. The minimum absolute atomic E-state index is 0.0681. The first-order chi connectivity index (χ1) is 12.3. The molecule has 1 N–H and O–H groups in total. The average molecular weight is 409 g/mol. The van der Waals surface area contributed by atoms with E-state index in [1.54, 1.807) is 16.7 Å². The van der Waals surface area contributed by atoms with E-state index in [9.17, 15) is 4.79 Å². The number of nitrogens with one attached hydrogen (secondary N) is 1. The van der Waals surface area contributed by atoms with Crippen molar-refractivity contribution in [3.05, 3.63) is 57.2 Å². The molecule has 0 aliphatic heterocycles. The van der Waals surface area contributed by atoms with Crippen molar-refractivity contribution in [1.82, 2.24) is 19.9 Å². The molecule has 0 bridgehead atoms. The smallest absolute Gasteiger partial charge is 0.230 e. The third kappa shape index (κ3) is 4.14. The van der Waals surface area contributed by atoms with Crippen molar-refractivity contribution in [1.29, 1.82) is 0 Å². The van der Waals surface area contributed by atoms with Crippen molar-refractivity contribution in [2.45, 2.75) is 32.0 Å². The van der Waals surface area contributed by atoms with Crippen molar-refractivity contribution in [2.75, 3.05) is 5.75 Å². The second-order valence-corrected chi connectivity index (χ2v) is 7.89. The summed E-state index contributed by atoms with van der Waals surface area (Å²) in [7, 11) is 0. The van der Waals surface area contributed by atoms with E-state index >= 15 is 0 Å². The predicted octanol–water partition coefficient (Wildman–Crippen LogP) is 4.62. The summed E-state index contributed by atoms with van der Waals surface area (Å²) in [4.78, 5) is 12.3. The van der Waals surface area contributed by atoms with Gasteiger partial charge in [0.2, 0.25) is 5.91 Å². The molecule has 5 nitrogen and oxygen atoms in total. The molecule has 0 saturated carbocycles. The molecule has 8 heteroatoms. The third-order valence-electron chi connectivity index (χ3n) is 4.14. The van der Waals surface area contributed by atoms with Crippen molar-refractivity contribution < 1.29 is 4.79 Å². The quantitative estimate of drug-likeness (QED) is 0.625. The number of carbonyl (C=O) groups is 1. The van der Waals surface area contributed by atoms with Crippen LogP contribution in [0.1, 0.15) is 29.7 Å². The van der Waals surface area contributed by atoms with Gasteiger partial charge in [-0.3, -0.25) is 9.20 Å². The number of thioether (sulfide) groups is 1. The first-order valence-corrected chi connectivity index (χ1v) is 9.78. The fraction of sp³-hybridized carbons (Fsp3) is 0.278. The number of benzene rings is 1. The van der Waals surface area contributed by atoms with E-state index in [1.807, 2.05) is 13.0 Å². The monoisotopic (exact) mass is 408 g/mol. The van der Waals surface area contributed by atoms with Crippen LogP contribution in [-0.4, -0.2) is 26.3 Å². The van der Waals surface area contributed by atoms with Crippen LogP contribution >= 0.6 is 35.0 Å². The molecule has 1 atom stereocenters. The third-order valence-corrected chi connectivity index (χ3v) is 5.56. The van der Waals surface area contributed by atoms with Crippen LogP contribution < -0.4 is 5.32 Å². The largest absolute Gasteiger partial charge is 0.349 e. The molecule has 1 amide bonds. The van der Waals surface area contributed by atoms with E-state index in [0.717, 1.165) is 5.56 Å². The summed E-state index contributed by atoms with van der Waals surface area (Å²) in [6.07, 6.45) is 1.68. The van der Waals surface area contributed by atoms with Crippen molar-refractivity contribution in [3.8, 4) is 0 Å². The van der Waals surface area contributed by atoms with Gasteiger partial charge in [-0.25, -0.2) is 0 Å². The van der Waals surface area contributed by atoms with Crippen molar-refractivity contribution in [2.24, 2.45) is 0 Å². The van der Waals surface area contributed by atoms with Crippen LogP contribution in [0.15, 0.2) is 35.6 Å². The molecular formula is C18H18Cl2N4OS. The molecule has 3 rings (SSSR count). The first-order valence-electron chi connectivity index (χ1n) is 8.04. The van der Waals surface area contributed by atoms with E-state index < -0.39 is 0 Å². The summed E-state index contributed by atoms with van der Waals surface area (Å²) >= 11 is 13.4. The Kier molecular flexibility index (Phi) is 5.75. The van der Waals surface area contributed by atoms with Gasteiger partial charge in [-0.15, -0.1) is 10.2 Å². The SMILES string of the molecule is Cc1ccc(C(C)NC(=O)CSc2nnc3c(Cl)cc(Cl)cn23)cc1C. The van der Waals surface area contributed by atoms with Gasteiger partial charge in [0.05, 0.1) is 21.8 Å². The molecule has 3 aromatic rings. The molecule has 1 unspecified atom stereocenters. The summed E-state index contributed by atoms with van der Waals surface area (Å²) in [5, 5.41) is 12.6. The van der Waals surface area contributed by atoms with Gasteiger partial charge >= 0.3 is 0 Å². The molecule has 0 aliphatic rings. The zero-order valence-corrected chi connectivity index (χ0v) is 16.9. The standard InChI is InChI=1S/C18H18Cl2N4OS/c1-10-4-5-13(6-11(10)2)12(3)21-16(25)9-26-18-23-22-17-15(20)7-14(19)8-24(17)18/h4-8,12H,9H2,1-3H3,(H,21,25). The normalized spacial score (nSPS) is 12.3. The first kappa shape index (κ1) is 19.0. The van der Waals surface area contributed by atoms with E-state index in [2.05, 4.69) is 41.5 Å². The second-order valence-electron chi connectivity index (χ2n) is 6.10. The zero-order valence-electron chi connectivity index (χ0n) is 14.6. The summed E-state index contributed by atoms with van der Waals surface area (Å²) < 4.78 is 1.69. The number of rotatable bonds is 5. The highest BCUT2D eigenvalue weighted by Gasteiger charge is 2.14. The Bertz CT molecular complexity index is 973. The Morgan fingerprint density at radius 2 is 2.00 bits per heavy atom. The van der Waals surface area contributed by atoms with Gasteiger partial charge < -0.3 is 5.32 Å². The number of hydrogen-bond donors (Lipinski definition) is 1. The van der Waals surface area contributed by atoms with Gasteiger partial charge in [0.15, 0.2) is 10.8 Å². The fourth-order valence-corrected chi connectivity index (χ4v) is 3.76. The van der Waals surface area contributed by atoms with Gasteiger partial charge in [-0.2, -0.15) is 0 Å². The van der Waals surface area contributed by atoms with Gasteiger partial charge in [-0.05, 0) is 43.5 Å². The van der Waals surface area contributed by atoms with Crippen LogP contribution in [0.3, 0.4) is 0 Å². The van der Waals surface area contributed by atoms with E-state index in [-0.39, 0.29) is 17.7 Å².